The van der Waals surface area contributed by atoms with Crippen LogP contribution in [-0.2, 0) is 4.74 Å². The van der Waals surface area contributed by atoms with Crippen molar-refractivity contribution in [2.24, 2.45) is 0 Å². The molecule has 1 atom stereocenters. The van der Waals surface area contributed by atoms with E-state index in [4.69, 9.17) is 21.1 Å². The maximum atomic E-state index is 10.9. The Morgan fingerprint density at radius 2 is 2.39 bits per heavy atom. The van der Waals surface area contributed by atoms with Crippen LogP contribution < -0.4 is 4.74 Å². The molecule has 0 aromatic heterocycles. The monoisotopic (exact) mass is 268 g/mol. The summed E-state index contributed by atoms with van der Waals surface area (Å²) >= 11 is 6.01. The summed E-state index contributed by atoms with van der Waals surface area (Å²) in [5.41, 5.74) is 0.500. The molecule has 0 spiro atoms. The molecule has 1 aliphatic heterocycles. The van der Waals surface area contributed by atoms with Gasteiger partial charge in [-0.05, 0) is 37.8 Å². The molecule has 18 heavy (non-hydrogen) atoms. The molecule has 1 aromatic rings. The molecule has 0 radical (unpaired) electrons. The summed E-state index contributed by atoms with van der Waals surface area (Å²) in [6.45, 7) is 1.44. The topological polar surface area (TPSA) is 35.5 Å². The molecule has 0 amide bonds. The third-order valence-corrected chi connectivity index (χ3v) is 3.36. The Morgan fingerprint density at radius 1 is 1.50 bits per heavy atom. The molecule has 3 nitrogen and oxygen atoms in total. The van der Waals surface area contributed by atoms with E-state index in [0.29, 0.717) is 29.0 Å². The first-order valence-electron chi connectivity index (χ1n) is 6.29. The Morgan fingerprint density at radius 3 is 3.11 bits per heavy atom. The largest absolute Gasteiger partial charge is 0.491 e. The van der Waals surface area contributed by atoms with Gasteiger partial charge in [-0.15, -0.1) is 0 Å². The van der Waals surface area contributed by atoms with Crippen LogP contribution in [0.4, 0.5) is 0 Å². The van der Waals surface area contributed by atoms with Crippen molar-refractivity contribution in [2.75, 3.05) is 13.2 Å². The minimum absolute atomic E-state index is 0.380. The van der Waals surface area contributed by atoms with Crippen LogP contribution in [0.25, 0.3) is 0 Å². The van der Waals surface area contributed by atoms with Gasteiger partial charge in [0.1, 0.15) is 5.75 Å². The number of hydrogen-bond donors (Lipinski definition) is 0. The van der Waals surface area contributed by atoms with Gasteiger partial charge >= 0.3 is 0 Å². The summed E-state index contributed by atoms with van der Waals surface area (Å²) in [7, 11) is 0. The molecule has 4 heteroatoms. The quantitative estimate of drug-likeness (QED) is 0.585. The number of carbonyl (C=O) groups excluding carboxylic acids is 1. The normalized spacial score (nSPS) is 18.8. The van der Waals surface area contributed by atoms with Gasteiger partial charge < -0.3 is 9.47 Å². The minimum Gasteiger partial charge on any atom is -0.491 e. The van der Waals surface area contributed by atoms with E-state index in [1.54, 1.807) is 18.2 Å². The van der Waals surface area contributed by atoms with E-state index in [1.165, 1.54) is 0 Å². The highest BCUT2D eigenvalue weighted by Crippen LogP contribution is 2.27. The van der Waals surface area contributed by atoms with Crippen LogP contribution in [-0.4, -0.2) is 25.6 Å². The van der Waals surface area contributed by atoms with Crippen molar-refractivity contribution in [3.63, 3.8) is 0 Å². The molecular formula is C14H17ClO3. The summed E-state index contributed by atoms with van der Waals surface area (Å²) < 4.78 is 11.1. The lowest BCUT2D eigenvalue weighted by atomic mass is 10.1. The fourth-order valence-electron chi connectivity index (χ4n) is 2.13. The molecule has 0 aliphatic carbocycles. The zero-order valence-electron chi connectivity index (χ0n) is 10.2. The number of ether oxygens (including phenoxy) is 2. The Balaban J connectivity index is 1.80. The summed E-state index contributed by atoms with van der Waals surface area (Å²) in [4.78, 5) is 10.9. The van der Waals surface area contributed by atoms with Crippen molar-refractivity contribution in [1.29, 1.82) is 0 Å². The van der Waals surface area contributed by atoms with Crippen LogP contribution in [0.1, 0.15) is 36.0 Å². The van der Waals surface area contributed by atoms with Crippen molar-refractivity contribution >= 4 is 17.9 Å². The highest BCUT2D eigenvalue weighted by atomic mass is 35.5. The molecule has 98 valence electrons. The minimum atomic E-state index is 0.380. The Kier molecular flexibility index (Phi) is 5.02. The van der Waals surface area contributed by atoms with E-state index in [2.05, 4.69) is 0 Å². The maximum absolute atomic E-state index is 10.9. The highest BCUT2D eigenvalue weighted by molar-refractivity contribution is 6.32. The predicted molar refractivity (Wildman–Crippen MR) is 70.5 cm³/mol. The number of rotatable bonds is 6. The van der Waals surface area contributed by atoms with E-state index in [-0.39, 0.29) is 0 Å². The van der Waals surface area contributed by atoms with Crippen LogP contribution in [0, 0.1) is 0 Å². The van der Waals surface area contributed by atoms with Gasteiger partial charge in [-0.25, -0.2) is 0 Å². The van der Waals surface area contributed by atoms with Gasteiger partial charge in [0, 0.05) is 6.61 Å². The van der Waals surface area contributed by atoms with Crippen molar-refractivity contribution in [3.8, 4) is 5.75 Å². The van der Waals surface area contributed by atoms with Crippen LogP contribution in [0.15, 0.2) is 18.2 Å². The number of carbonyl (C=O) groups is 1. The average Bonchev–Trinajstić information content (AvgIpc) is 2.89. The second kappa shape index (κ2) is 6.76. The molecule has 1 fully saturated rings. The van der Waals surface area contributed by atoms with E-state index in [9.17, 15) is 4.79 Å². The van der Waals surface area contributed by atoms with Gasteiger partial charge in [0.25, 0.3) is 0 Å². The molecule has 1 heterocycles. The SMILES string of the molecule is O=Cc1cccc(Cl)c1OCCCC1CCCO1. The first-order chi connectivity index (χ1) is 8.81. The molecule has 1 aliphatic rings. The number of para-hydroxylation sites is 1. The summed E-state index contributed by atoms with van der Waals surface area (Å²) in [5.74, 6) is 0.488. The molecule has 1 saturated heterocycles. The highest BCUT2D eigenvalue weighted by Gasteiger charge is 2.15. The average molecular weight is 269 g/mol. The molecule has 0 N–H and O–H groups in total. The van der Waals surface area contributed by atoms with Crippen molar-refractivity contribution in [3.05, 3.63) is 28.8 Å². The number of halogens is 1. The van der Waals surface area contributed by atoms with Crippen LogP contribution >= 0.6 is 11.6 Å². The van der Waals surface area contributed by atoms with Gasteiger partial charge in [-0.3, -0.25) is 4.79 Å². The first-order valence-corrected chi connectivity index (χ1v) is 6.67. The second-order valence-corrected chi connectivity index (χ2v) is 4.81. The summed E-state index contributed by atoms with van der Waals surface area (Å²) in [6.07, 6.45) is 5.36. The van der Waals surface area contributed by atoms with E-state index >= 15 is 0 Å². The molecule has 0 saturated carbocycles. The predicted octanol–water partition coefficient (Wildman–Crippen LogP) is 3.49. The Bertz CT molecular complexity index is 400. The van der Waals surface area contributed by atoms with Gasteiger partial charge in [-0.1, -0.05) is 17.7 Å². The van der Waals surface area contributed by atoms with Gasteiger partial charge in [0.2, 0.25) is 0 Å². The molecule has 2 rings (SSSR count). The number of aldehydes is 1. The third-order valence-electron chi connectivity index (χ3n) is 3.07. The van der Waals surface area contributed by atoms with Crippen LogP contribution in [0.3, 0.4) is 0 Å². The zero-order chi connectivity index (χ0) is 12.8. The van der Waals surface area contributed by atoms with Gasteiger partial charge in [0.05, 0.1) is 23.3 Å². The van der Waals surface area contributed by atoms with Gasteiger partial charge in [0.15, 0.2) is 6.29 Å². The summed E-state index contributed by atoms with van der Waals surface area (Å²) in [5, 5.41) is 0.483. The molecule has 1 unspecified atom stereocenters. The fourth-order valence-corrected chi connectivity index (χ4v) is 2.36. The van der Waals surface area contributed by atoms with E-state index in [1.807, 2.05) is 0 Å². The lowest BCUT2D eigenvalue weighted by molar-refractivity contribution is 0.0979. The van der Waals surface area contributed by atoms with E-state index in [0.717, 1.165) is 38.6 Å². The second-order valence-electron chi connectivity index (χ2n) is 4.40. The lowest BCUT2D eigenvalue weighted by Crippen LogP contribution is -2.08. The lowest BCUT2D eigenvalue weighted by Gasteiger charge is -2.12. The standard InChI is InChI=1S/C14H17ClO3/c15-13-7-1-4-11(10-16)14(13)18-9-3-6-12-5-2-8-17-12/h1,4,7,10,12H,2-3,5-6,8-9H2. The molecular weight excluding hydrogens is 252 g/mol. The summed E-state index contributed by atoms with van der Waals surface area (Å²) in [6, 6.07) is 5.17. The van der Waals surface area contributed by atoms with Crippen LogP contribution in [0.2, 0.25) is 5.02 Å². The smallest absolute Gasteiger partial charge is 0.153 e. The first kappa shape index (κ1) is 13.4. The fraction of sp³-hybridized carbons (Fsp3) is 0.500. The maximum Gasteiger partial charge on any atom is 0.153 e. The number of hydrogen-bond acceptors (Lipinski definition) is 3. The Hall–Kier alpha value is -1.06. The zero-order valence-corrected chi connectivity index (χ0v) is 11.0. The van der Waals surface area contributed by atoms with Gasteiger partial charge in [-0.2, -0.15) is 0 Å². The van der Waals surface area contributed by atoms with Crippen molar-refractivity contribution in [1.82, 2.24) is 0 Å². The van der Waals surface area contributed by atoms with E-state index < -0.39 is 0 Å². The van der Waals surface area contributed by atoms with Crippen LogP contribution in [0.5, 0.6) is 5.75 Å². The van der Waals surface area contributed by atoms with Crippen molar-refractivity contribution in [2.45, 2.75) is 31.8 Å². The molecule has 1 aromatic carbocycles. The van der Waals surface area contributed by atoms with Crippen molar-refractivity contribution < 1.29 is 14.3 Å². The number of benzene rings is 1. The third kappa shape index (κ3) is 3.47. The Labute approximate surface area is 112 Å². The molecule has 0 bridgehead atoms.